The Morgan fingerprint density at radius 1 is 1.15 bits per heavy atom. The fourth-order valence-electron chi connectivity index (χ4n) is 5.94. The van der Waals surface area contributed by atoms with Crippen molar-refractivity contribution in [3.8, 4) is 0 Å². The molecule has 0 atom stereocenters. The topological polar surface area (TPSA) is 71.1 Å². The third-order valence-electron chi connectivity index (χ3n) is 6.81. The van der Waals surface area contributed by atoms with E-state index in [2.05, 4.69) is 22.5 Å². The molecule has 2 N–H and O–H groups in total. The molecule has 0 saturated heterocycles. The van der Waals surface area contributed by atoms with E-state index in [-0.39, 0.29) is 23.7 Å². The van der Waals surface area contributed by atoms with E-state index in [4.69, 9.17) is 0 Å². The van der Waals surface area contributed by atoms with Crippen molar-refractivity contribution in [1.29, 1.82) is 0 Å². The summed E-state index contributed by atoms with van der Waals surface area (Å²) in [5.74, 6) is 2.94. The van der Waals surface area contributed by atoms with E-state index in [0.29, 0.717) is 12.4 Å². The average Bonchev–Trinajstić information content (AvgIpc) is 2.61. The number of amides is 2. The molecule has 5 heteroatoms. The minimum absolute atomic E-state index is 0.0751. The van der Waals surface area contributed by atoms with Gasteiger partial charge in [0.1, 0.15) is 5.82 Å². The molecule has 4 saturated carbocycles. The van der Waals surface area contributed by atoms with Gasteiger partial charge in [0, 0.05) is 25.2 Å². The first-order chi connectivity index (χ1) is 13.0. The summed E-state index contributed by atoms with van der Waals surface area (Å²) in [7, 11) is 0. The molecule has 4 aliphatic rings. The molecule has 5 rings (SSSR count). The van der Waals surface area contributed by atoms with Crippen LogP contribution in [-0.4, -0.2) is 23.3 Å². The molecule has 0 unspecified atom stereocenters. The maximum absolute atomic E-state index is 12.4. The second kappa shape index (κ2) is 7.45. The molecular formula is C22H29N3O2. The number of hydrogen-bond acceptors (Lipinski definition) is 3. The Kier molecular flexibility index (Phi) is 5.02. The molecule has 2 amide bonds. The van der Waals surface area contributed by atoms with Crippen molar-refractivity contribution in [3.05, 3.63) is 36.0 Å². The van der Waals surface area contributed by atoms with Gasteiger partial charge < -0.3 is 10.6 Å². The normalized spacial score (nSPS) is 31.6. The van der Waals surface area contributed by atoms with E-state index in [1.165, 1.54) is 44.1 Å². The van der Waals surface area contributed by atoms with Gasteiger partial charge in [0.05, 0.1) is 0 Å². The van der Waals surface area contributed by atoms with Crippen LogP contribution in [0.25, 0.3) is 0 Å². The van der Waals surface area contributed by atoms with Crippen LogP contribution in [0, 0.1) is 23.2 Å². The van der Waals surface area contributed by atoms with Crippen LogP contribution in [0.2, 0.25) is 0 Å². The Morgan fingerprint density at radius 2 is 1.81 bits per heavy atom. The van der Waals surface area contributed by atoms with Gasteiger partial charge in [0.15, 0.2) is 0 Å². The van der Waals surface area contributed by atoms with Crippen molar-refractivity contribution >= 4 is 17.6 Å². The van der Waals surface area contributed by atoms with Gasteiger partial charge >= 0.3 is 0 Å². The van der Waals surface area contributed by atoms with E-state index in [0.717, 1.165) is 17.8 Å². The van der Waals surface area contributed by atoms with Crippen LogP contribution in [0.4, 0.5) is 5.82 Å². The van der Waals surface area contributed by atoms with E-state index in [1.54, 1.807) is 24.4 Å². The van der Waals surface area contributed by atoms with Gasteiger partial charge in [-0.3, -0.25) is 9.59 Å². The first kappa shape index (κ1) is 18.2. The quantitative estimate of drug-likeness (QED) is 0.753. The molecule has 27 heavy (non-hydrogen) atoms. The smallest absolute Gasteiger partial charge is 0.243 e. The van der Waals surface area contributed by atoms with Gasteiger partial charge in [-0.05, 0) is 80.8 Å². The lowest BCUT2D eigenvalue weighted by Gasteiger charge is -2.57. The molecule has 1 aromatic rings. The lowest BCUT2D eigenvalue weighted by Crippen LogP contribution is -2.46. The number of rotatable bonds is 6. The summed E-state index contributed by atoms with van der Waals surface area (Å²) < 4.78 is 0. The monoisotopic (exact) mass is 367 g/mol. The van der Waals surface area contributed by atoms with Crippen molar-refractivity contribution in [2.24, 2.45) is 23.2 Å². The average molecular weight is 367 g/mol. The fourth-order valence-corrected chi connectivity index (χ4v) is 5.94. The lowest BCUT2D eigenvalue weighted by molar-refractivity contribution is -0.117. The maximum atomic E-state index is 12.4. The molecule has 0 radical (unpaired) electrons. The molecule has 1 aromatic heterocycles. The number of nitrogens with zero attached hydrogens (tertiary/aromatic N) is 1. The first-order valence-electron chi connectivity index (χ1n) is 10.2. The molecule has 4 fully saturated rings. The Balaban J connectivity index is 1.27. The van der Waals surface area contributed by atoms with Crippen LogP contribution in [0.3, 0.4) is 0 Å². The molecule has 0 aromatic carbocycles. The van der Waals surface area contributed by atoms with Crippen molar-refractivity contribution in [2.45, 2.75) is 51.9 Å². The van der Waals surface area contributed by atoms with Crippen molar-refractivity contribution < 1.29 is 9.59 Å². The summed E-state index contributed by atoms with van der Waals surface area (Å²) in [5.41, 5.74) is 1.51. The van der Waals surface area contributed by atoms with Gasteiger partial charge in [0.2, 0.25) is 11.8 Å². The summed E-state index contributed by atoms with van der Waals surface area (Å²) in [4.78, 5) is 28.3. The van der Waals surface area contributed by atoms with Crippen LogP contribution in [-0.2, 0) is 9.59 Å². The van der Waals surface area contributed by atoms with Crippen LogP contribution in [0.15, 0.2) is 36.0 Å². The molecule has 0 aliphatic heterocycles. The molecular weight excluding hydrogens is 338 g/mol. The molecule has 4 bridgehead atoms. The van der Waals surface area contributed by atoms with E-state index in [9.17, 15) is 9.59 Å². The van der Waals surface area contributed by atoms with E-state index in [1.807, 2.05) is 6.07 Å². The van der Waals surface area contributed by atoms with Gasteiger partial charge in [-0.2, -0.15) is 0 Å². The van der Waals surface area contributed by atoms with Crippen LogP contribution in [0.5, 0.6) is 0 Å². The molecule has 0 spiro atoms. The number of carbonyl (C=O) groups excluding carboxylic acids is 2. The highest BCUT2D eigenvalue weighted by atomic mass is 16.2. The van der Waals surface area contributed by atoms with Gasteiger partial charge in [-0.15, -0.1) is 0 Å². The number of aromatic nitrogens is 1. The van der Waals surface area contributed by atoms with Crippen molar-refractivity contribution in [1.82, 2.24) is 10.3 Å². The Bertz CT molecular complexity index is 706. The summed E-state index contributed by atoms with van der Waals surface area (Å²) in [6.45, 7) is 2.47. The highest BCUT2D eigenvalue weighted by Crippen LogP contribution is 2.62. The van der Waals surface area contributed by atoms with Crippen LogP contribution >= 0.6 is 0 Å². The van der Waals surface area contributed by atoms with Crippen LogP contribution < -0.4 is 10.6 Å². The minimum Gasteiger partial charge on any atom is -0.352 e. The standard InChI is InChI=1S/C22H29N3O2/c1-15(22-12-16-9-17(13-22)11-18(10-16)14-22)8-21(27)24-7-5-20(26)25-19-4-2-3-6-23-19/h2-4,6,8,16-18H,5,7,9-14H2,1H3,(H,24,27)(H,23,25,26). The molecule has 1 heterocycles. The first-order valence-corrected chi connectivity index (χ1v) is 10.2. The fraction of sp³-hybridized carbons (Fsp3) is 0.591. The summed E-state index contributed by atoms with van der Waals surface area (Å²) >= 11 is 0. The summed E-state index contributed by atoms with van der Waals surface area (Å²) in [6.07, 6.45) is 11.7. The second-order valence-corrected chi connectivity index (χ2v) is 8.83. The SMILES string of the molecule is CC(=CC(=O)NCCC(=O)Nc1ccccn1)C12CC3CC(CC(C3)C1)C2. The third kappa shape index (κ3) is 4.07. The molecule has 5 nitrogen and oxygen atoms in total. The number of nitrogens with one attached hydrogen (secondary N) is 2. The Morgan fingerprint density at radius 3 is 2.41 bits per heavy atom. The zero-order chi connectivity index (χ0) is 18.9. The predicted molar refractivity (Wildman–Crippen MR) is 105 cm³/mol. The number of allylic oxidation sites excluding steroid dienone is 1. The molecule has 4 aliphatic carbocycles. The summed E-state index contributed by atoms with van der Waals surface area (Å²) in [5, 5.41) is 5.59. The zero-order valence-corrected chi connectivity index (χ0v) is 16.0. The number of anilines is 1. The van der Waals surface area contributed by atoms with E-state index >= 15 is 0 Å². The highest BCUT2D eigenvalue weighted by Gasteiger charge is 2.51. The predicted octanol–water partition coefficient (Wildman–Crippen LogP) is 3.69. The Labute approximate surface area is 161 Å². The number of carbonyl (C=O) groups is 2. The number of hydrogen-bond donors (Lipinski definition) is 2. The summed E-state index contributed by atoms with van der Waals surface area (Å²) in [6, 6.07) is 5.37. The second-order valence-electron chi connectivity index (χ2n) is 8.83. The maximum Gasteiger partial charge on any atom is 0.243 e. The van der Waals surface area contributed by atoms with Crippen molar-refractivity contribution in [2.75, 3.05) is 11.9 Å². The lowest BCUT2D eigenvalue weighted by atomic mass is 9.48. The van der Waals surface area contributed by atoms with Crippen LogP contribution in [0.1, 0.15) is 51.9 Å². The zero-order valence-electron chi connectivity index (χ0n) is 16.0. The van der Waals surface area contributed by atoms with Crippen molar-refractivity contribution in [3.63, 3.8) is 0 Å². The minimum atomic E-state index is -0.143. The van der Waals surface area contributed by atoms with E-state index < -0.39 is 0 Å². The van der Waals surface area contributed by atoms with Gasteiger partial charge in [-0.25, -0.2) is 4.98 Å². The number of pyridine rings is 1. The third-order valence-corrected chi connectivity index (χ3v) is 6.81. The molecule has 144 valence electrons. The largest absolute Gasteiger partial charge is 0.352 e. The van der Waals surface area contributed by atoms with Gasteiger partial charge in [-0.1, -0.05) is 11.6 Å². The Hall–Kier alpha value is -2.17. The van der Waals surface area contributed by atoms with Gasteiger partial charge in [0.25, 0.3) is 0 Å². The highest BCUT2D eigenvalue weighted by molar-refractivity contribution is 5.91.